The average molecular weight is 447 g/mol. The highest BCUT2D eigenvalue weighted by atomic mass is 16.5. The molecule has 9 nitrogen and oxygen atoms in total. The third-order valence-corrected chi connectivity index (χ3v) is 5.73. The number of H-pyrrole nitrogens is 1. The van der Waals surface area contributed by atoms with Gasteiger partial charge in [-0.25, -0.2) is 0 Å². The summed E-state index contributed by atoms with van der Waals surface area (Å²) >= 11 is 0. The molecule has 1 aromatic heterocycles. The largest absolute Gasteiger partial charge is 0.399 e. The van der Waals surface area contributed by atoms with Gasteiger partial charge in [0.2, 0.25) is 0 Å². The minimum Gasteiger partial charge on any atom is -0.399 e. The molecule has 0 aliphatic carbocycles. The molecule has 1 aliphatic rings. The van der Waals surface area contributed by atoms with E-state index in [0.29, 0.717) is 29.1 Å². The topological polar surface area (TPSA) is 139 Å². The molecule has 0 radical (unpaired) electrons. The van der Waals surface area contributed by atoms with Crippen molar-refractivity contribution < 1.29 is 9.53 Å². The summed E-state index contributed by atoms with van der Waals surface area (Å²) in [4.78, 5) is 34.4. The minimum absolute atomic E-state index is 0.0174. The second kappa shape index (κ2) is 9.66. The molecule has 0 bridgehead atoms. The molecule has 0 unspecified atom stereocenters. The molecular weight excluding hydrogens is 420 g/mol. The number of methoxy groups -OCH3 is 1. The summed E-state index contributed by atoms with van der Waals surface area (Å²) in [6.45, 7) is 1.27. The number of carbonyl (C=O) groups excluding carboxylic acids is 1. The fourth-order valence-electron chi connectivity index (χ4n) is 4.05. The molecule has 1 fully saturated rings. The number of aromatic amines is 1. The van der Waals surface area contributed by atoms with Gasteiger partial charge in [0.15, 0.2) is 0 Å². The lowest BCUT2D eigenvalue weighted by molar-refractivity contribution is 0.0630. The van der Waals surface area contributed by atoms with Crippen LogP contribution in [0.3, 0.4) is 0 Å². The maximum atomic E-state index is 12.9. The van der Waals surface area contributed by atoms with E-state index < -0.39 is 0 Å². The minimum atomic E-state index is -0.333. The van der Waals surface area contributed by atoms with Gasteiger partial charge in [-0.05, 0) is 61.4 Å². The zero-order valence-electron chi connectivity index (χ0n) is 18.3. The average Bonchev–Trinajstić information content (AvgIpc) is 3.28. The lowest BCUT2D eigenvalue weighted by Gasteiger charge is -2.24. The SMILES string of the molecule is COC[C@@H]1CCCN1C(=O)c1ccc(N=CC(=NN)c2cc3cc(N)ccc3[nH]c2=O)cc1. The van der Waals surface area contributed by atoms with Crippen LogP contribution in [0, 0.1) is 0 Å². The Morgan fingerprint density at radius 3 is 2.76 bits per heavy atom. The number of nitrogens with two attached hydrogens (primary N) is 2. The van der Waals surface area contributed by atoms with Gasteiger partial charge in [-0.2, -0.15) is 5.10 Å². The number of hydrogen-bond acceptors (Lipinski definition) is 7. The van der Waals surface area contributed by atoms with Crippen LogP contribution in [-0.2, 0) is 4.74 Å². The van der Waals surface area contributed by atoms with Gasteiger partial charge in [-0.3, -0.25) is 14.6 Å². The second-order valence-electron chi connectivity index (χ2n) is 7.93. The second-order valence-corrected chi connectivity index (χ2v) is 7.93. The highest BCUT2D eigenvalue weighted by Gasteiger charge is 2.29. The monoisotopic (exact) mass is 446 g/mol. The third-order valence-electron chi connectivity index (χ3n) is 5.73. The summed E-state index contributed by atoms with van der Waals surface area (Å²) in [5.41, 5.74) is 8.45. The molecule has 2 aromatic carbocycles. The summed E-state index contributed by atoms with van der Waals surface area (Å²) < 4.78 is 5.24. The van der Waals surface area contributed by atoms with E-state index in [4.69, 9.17) is 16.3 Å². The van der Waals surface area contributed by atoms with E-state index in [-0.39, 0.29) is 28.8 Å². The number of nitrogens with one attached hydrogen (secondary N) is 1. The highest BCUT2D eigenvalue weighted by Crippen LogP contribution is 2.22. The van der Waals surface area contributed by atoms with Crippen LogP contribution in [0.2, 0.25) is 0 Å². The van der Waals surface area contributed by atoms with Crippen molar-refractivity contribution >= 4 is 40.1 Å². The summed E-state index contributed by atoms with van der Waals surface area (Å²) in [5, 5.41) is 4.49. The molecular formula is C24H26N6O3. The van der Waals surface area contributed by atoms with Crippen LogP contribution in [0.5, 0.6) is 0 Å². The summed E-state index contributed by atoms with van der Waals surface area (Å²) in [6, 6.07) is 14.0. The van der Waals surface area contributed by atoms with Crippen molar-refractivity contribution in [2.75, 3.05) is 26.0 Å². The van der Waals surface area contributed by atoms with Gasteiger partial charge in [-0.15, -0.1) is 0 Å². The first-order valence-corrected chi connectivity index (χ1v) is 10.6. The van der Waals surface area contributed by atoms with Crippen LogP contribution >= 0.6 is 0 Å². The molecule has 1 aliphatic heterocycles. The van der Waals surface area contributed by atoms with Crippen LogP contribution in [0.4, 0.5) is 11.4 Å². The van der Waals surface area contributed by atoms with E-state index in [1.807, 2.05) is 4.90 Å². The van der Waals surface area contributed by atoms with Crippen LogP contribution in [0.15, 0.2) is 63.4 Å². The van der Waals surface area contributed by atoms with Crippen LogP contribution in [0.1, 0.15) is 28.8 Å². The molecule has 5 N–H and O–H groups in total. The van der Waals surface area contributed by atoms with Crippen molar-refractivity contribution in [2.45, 2.75) is 18.9 Å². The lowest BCUT2D eigenvalue weighted by Crippen LogP contribution is -2.38. The number of fused-ring (bicyclic) bond motifs is 1. The van der Waals surface area contributed by atoms with Gasteiger partial charge in [0.25, 0.3) is 11.5 Å². The molecule has 1 atom stereocenters. The van der Waals surface area contributed by atoms with E-state index in [0.717, 1.165) is 24.8 Å². The number of aliphatic imine (C=N–C) groups is 1. The third kappa shape index (κ3) is 4.78. The Morgan fingerprint density at radius 2 is 2.03 bits per heavy atom. The molecule has 170 valence electrons. The number of nitrogen functional groups attached to an aromatic ring is 1. The number of aromatic nitrogens is 1. The van der Waals surface area contributed by atoms with E-state index in [1.165, 1.54) is 6.21 Å². The Hall–Kier alpha value is -3.98. The zero-order valence-corrected chi connectivity index (χ0v) is 18.3. The lowest BCUT2D eigenvalue weighted by atomic mass is 10.1. The number of pyridine rings is 1. The number of likely N-dealkylation sites (tertiary alicyclic amines) is 1. The maximum absolute atomic E-state index is 12.9. The number of carbonyl (C=O) groups is 1. The summed E-state index contributed by atoms with van der Waals surface area (Å²) in [5.74, 6) is 5.52. The van der Waals surface area contributed by atoms with Gasteiger partial charge >= 0.3 is 0 Å². The first-order chi connectivity index (χ1) is 16.0. The van der Waals surface area contributed by atoms with E-state index >= 15 is 0 Å². The van der Waals surface area contributed by atoms with Crippen molar-refractivity contribution in [3.63, 3.8) is 0 Å². The van der Waals surface area contributed by atoms with Crippen LogP contribution < -0.4 is 17.1 Å². The highest BCUT2D eigenvalue weighted by molar-refractivity contribution is 6.38. The van der Waals surface area contributed by atoms with Gasteiger partial charge in [0.1, 0.15) is 5.71 Å². The molecule has 9 heteroatoms. The fraction of sp³-hybridized carbons (Fsp3) is 0.250. The van der Waals surface area contributed by atoms with E-state index in [9.17, 15) is 9.59 Å². The molecule has 0 spiro atoms. The first kappa shape index (κ1) is 22.2. The van der Waals surface area contributed by atoms with Crippen molar-refractivity contribution in [2.24, 2.45) is 15.9 Å². The van der Waals surface area contributed by atoms with Gasteiger partial charge < -0.3 is 26.2 Å². The number of hydrazone groups is 1. The Labute approximate surface area is 190 Å². The Balaban J connectivity index is 1.53. The van der Waals surface area contributed by atoms with E-state index in [1.54, 1.807) is 55.6 Å². The standard InChI is InChI=1S/C24H26N6O3/c1-33-14-19-3-2-10-30(19)24(32)15-4-7-18(8-5-15)27-13-22(29-26)20-12-16-11-17(25)6-9-21(16)28-23(20)31/h4-9,11-13,19H,2-3,10,14,25-26H2,1H3,(H,28,31)/t19-/m0/s1. The van der Waals surface area contributed by atoms with Crippen molar-refractivity contribution in [1.29, 1.82) is 0 Å². The number of hydrogen-bond donors (Lipinski definition) is 3. The predicted octanol–water partition coefficient (Wildman–Crippen LogP) is 2.43. The van der Waals surface area contributed by atoms with Gasteiger partial charge in [-0.1, -0.05) is 0 Å². The molecule has 33 heavy (non-hydrogen) atoms. The van der Waals surface area contributed by atoms with Crippen LogP contribution in [-0.4, -0.2) is 54.0 Å². The Morgan fingerprint density at radius 1 is 1.24 bits per heavy atom. The fourth-order valence-corrected chi connectivity index (χ4v) is 4.05. The number of ether oxygens (including phenoxy) is 1. The molecule has 2 heterocycles. The molecule has 0 saturated carbocycles. The summed E-state index contributed by atoms with van der Waals surface area (Å²) in [6.07, 6.45) is 3.35. The Bertz CT molecular complexity index is 1280. The first-order valence-electron chi connectivity index (χ1n) is 10.6. The number of rotatable bonds is 6. The van der Waals surface area contributed by atoms with Crippen molar-refractivity contribution in [3.8, 4) is 0 Å². The number of benzene rings is 2. The molecule has 3 aromatic rings. The molecule has 1 amide bonds. The smallest absolute Gasteiger partial charge is 0.258 e. The van der Waals surface area contributed by atoms with Gasteiger partial charge in [0, 0.05) is 35.8 Å². The van der Waals surface area contributed by atoms with Crippen molar-refractivity contribution in [3.05, 3.63) is 70.0 Å². The number of anilines is 1. The maximum Gasteiger partial charge on any atom is 0.258 e. The van der Waals surface area contributed by atoms with Gasteiger partial charge in [0.05, 0.1) is 30.1 Å². The molecule has 1 saturated heterocycles. The van der Waals surface area contributed by atoms with Crippen LogP contribution in [0.25, 0.3) is 10.9 Å². The zero-order chi connectivity index (χ0) is 23.4. The quantitative estimate of drug-likeness (QED) is 0.231. The normalized spacial score (nSPS) is 16.7. The number of amides is 1. The predicted molar refractivity (Wildman–Crippen MR) is 130 cm³/mol. The summed E-state index contributed by atoms with van der Waals surface area (Å²) in [7, 11) is 1.65. The Kier molecular flexibility index (Phi) is 6.50. The molecule has 4 rings (SSSR count). The van der Waals surface area contributed by atoms with E-state index in [2.05, 4.69) is 15.1 Å². The number of nitrogens with zero attached hydrogens (tertiary/aromatic N) is 3. The van der Waals surface area contributed by atoms with Crippen molar-refractivity contribution in [1.82, 2.24) is 9.88 Å².